The predicted molar refractivity (Wildman–Crippen MR) is 115 cm³/mol. The first kappa shape index (κ1) is 20.4. The highest BCUT2D eigenvalue weighted by Gasteiger charge is 2.27. The van der Waals surface area contributed by atoms with Crippen LogP contribution in [0.3, 0.4) is 0 Å². The fourth-order valence-electron chi connectivity index (χ4n) is 5.03. The average molecular weight is 401 g/mol. The molecule has 1 aliphatic carbocycles. The average Bonchev–Trinajstić information content (AvgIpc) is 3.12. The van der Waals surface area contributed by atoms with Gasteiger partial charge in [0.05, 0.1) is 18.0 Å². The van der Waals surface area contributed by atoms with Gasteiger partial charge in [-0.3, -0.25) is 0 Å². The topological polar surface area (TPSA) is 81.6 Å². The van der Waals surface area contributed by atoms with Crippen LogP contribution in [0.2, 0.25) is 0 Å². The van der Waals surface area contributed by atoms with Gasteiger partial charge in [0, 0.05) is 6.04 Å². The fourth-order valence-corrected chi connectivity index (χ4v) is 5.03. The van der Waals surface area contributed by atoms with Crippen LogP contribution in [-0.2, 0) is 6.42 Å². The van der Waals surface area contributed by atoms with E-state index in [4.69, 9.17) is 10.5 Å². The van der Waals surface area contributed by atoms with Crippen molar-refractivity contribution in [3.63, 3.8) is 0 Å². The summed E-state index contributed by atoms with van der Waals surface area (Å²) >= 11 is 0. The lowest BCUT2D eigenvalue weighted by Crippen LogP contribution is -2.42. The molecule has 2 aliphatic rings. The van der Waals surface area contributed by atoms with Crippen LogP contribution in [0.25, 0.3) is 5.65 Å². The Hall–Kier alpha value is -1.89. The third-order valence-corrected chi connectivity index (χ3v) is 6.68. The molecule has 3 heterocycles. The quantitative estimate of drug-likeness (QED) is 0.760. The molecule has 1 saturated carbocycles. The smallest absolute Gasteiger partial charge is 0.336 e. The number of ether oxygens (including phenoxy) is 1. The molecule has 2 fully saturated rings. The van der Waals surface area contributed by atoms with Gasteiger partial charge in [-0.05, 0) is 64.5 Å². The Labute approximate surface area is 174 Å². The monoisotopic (exact) mass is 400 g/mol. The highest BCUT2D eigenvalue weighted by molar-refractivity contribution is 5.59. The van der Waals surface area contributed by atoms with E-state index in [0.29, 0.717) is 23.4 Å². The Morgan fingerprint density at radius 3 is 2.66 bits per heavy atom. The molecule has 0 spiro atoms. The van der Waals surface area contributed by atoms with E-state index in [-0.39, 0.29) is 6.10 Å². The molecular weight excluding hydrogens is 364 g/mol. The van der Waals surface area contributed by atoms with Crippen LogP contribution >= 0.6 is 0 Å². The highest BCUT2D eigenvalue weighted by atomic mass is 16.5. The van der Waals surface area contributed by atoms with Crippen molar-refractivity contribution in [2.24, 2.45) is 5.92 Å². The van der Waals surface area contributed by atoms with E-state index in [1.54, 1.807) is 0 Å². The van der Waals surface area contributed by atoms with Crippen molar-refractivity contribution in [2.75, 3.05) is 18.8 Å². The minimum absolute atomic E-state index is 0.0768. The highest BCUT2D eigenvalue weighted by Crippen LogP contribution is 2.29. The van der Waals surface area contributed by atoms with Crippen LogP contribution in [0.4, 0.5) is 5.82 Å². The molecule has 7 nitrogen and oxygen atoms in total. The van der Waals surface area contributed by atoms with Crippen molar-refractivity contribution in [1.82, 2.24) is 24.5 Å². The van der Waals surface area contributed by atoms with Crippen molar-refractivity contribution in [3.8, 4) is 6.01 Å². The Kier molecular flexibility index (Phi) is 6.53. The number of anilines is 1. The first-order valence-corrected chi connectivity index (χ1v) is 11.5. The first-order valence-electron chi connectivity index (χ1n) is 11.5. The maximum Gasteiger partial charge on any atom is 0.336 e. The Morgan fingerprint density at radius 2 is 1.93 bits per heavy atom. The molecule has 0 bridgehead atoms. The SMILES string of the molecule is CCCC(C)Oc1nc(N)c2ncc(CC3CCN(C4CCCCC4)CC3)n2n1. The Balaban J connectivity index is 1.41. The third-order valence-electron chi connectivity index (χ3n) is 6.68. The number of piperidine rings is 1. The number of imidazole rings is 1. The summed E-state index contributed by atoms with van der Waals surface area (Å²) in [5, 5.41) is 4.60. The molecule has 2 N–H and O–H groups in total. The lowest BCUT2D eigenvalue weighted by molar-refractivity contribution is 0.106. The van der Waals surface area contributed by atoms with Gasteiger partial charge in [-0.15, -0.1) is 5.10 Å². The van der Waals surface area contributed by atoms with Crippen LogP contribution < -0.4 is 10.5 Å². The second kappa shape index (κ2) is 9.28. The molecule has 1 aliphatic heterocycles. The lowest BCUT2D eigenvalue weighted by Gasteiger charge is -2.39. The first-order chi connectivity index (χ1) is 14.1. The van der Waals surface area contributed by atoms with Gasteiger partial charge < -0.3 is 15.4 Å². The number of nitrogens with zero attached hydrogens (tertiary/aromatic N) is 5. The molecule has 4 rings (SSSR count). The number of fused-ring (bicyclic) bond motifs is 1. The second-order valence-corrected chi connectivity index (χ2v) is 8.96. The standard InChI is InChI=1S/C22H36N6O/c1-3-7-16(2)29-22-25-20(23)21-24-15-19(28(21)26-22)14-17-10-12-27(13-11-17)18-8-5-4-6-9-18/h15-18H,3-14H2,1-2H3,(H2,23,25,26). The fraction of sp³-hybridized carbons (Fsp3) is 0.773. The molecule has 29 heavy (non-hydrogen) atoms. The van der Waals surface area contributed by atoms with Crippen LogP contribution in [0, 0.1) is 5.92 Å². The number of aromatic nitrogens is 4. The molecule has 2 aromatic rings. The molecule has 0 aromatic carbocycles. The number of nitrogen functional groups attached to an aromatic ring is 1. The molecule has 160 valence electrons. The molecule has 1 saturated heterocycles. The molecule has 7 heteroatoms. The summed E-state index contributed by atoms with van der Waals surface area (Å²) in [6.45, 7) is 6.64. The van der Waals surface area contributed by atoms with Crippen molar-refractivity contribution < 1.29 is 4.74 Å². The summed E-state index contributed by atoms with van der Waals surface area (Å²) < 4.78 is 7.73. The van der Waals surface area contributed by atoms with E-state index < -0.39 is 0 Å². The lowest BCUT2D eigenvalue weighted by atomic mass is 9.88. The summed E-state index contributed by atoms with van der Waals surface area (Å²) in [5.41, 5.74) is 7.88. The van der Waals surface area contributed by atoms with E-state index >= 15 is 0 Å². The van der Waals surface area contributed by atoms with Crippen molar-refractivity contribution >= 4 is 11.5 Å². The summed E-state index contributed by atoms with van der Waals surface area (Å²) in [6.07, 6.45) is 14.6. The summed E-state index contributed by atoms with van der Waals surface area (Å²) in [5.74, 6) is 1.06. The van der Waals surface area contributed by atoms with Gasteiger partial charge in [0.2, 0.25) is 0 Å². The summed E-state index contributed by atoms with van der Waals surface area (Å²) in [7, 11) is 0. The number of hydrogen-bond donors (Lipinski definition) is 1. The molecular formula is C22H36N6O. The number of nitrogens with two attached hydrogens (primary N) is 1. The number of hydrogen-bond acceptors (Lipinski definition) is 6. The van der Waals surface area contributed by atoms with Crippen molar-refractivity contribution in [1.29, 1.82) is 0 Å². The Morgan fingerprint density at radius 1 is 1.17 bits per heavy atom. The van der Waals surface area contributed by atoms with Gasteiger partial charge >= 0.3 is 6.01 Å². The molecule has 0 radical (unpaired) electrons. The summed E-state index contributed by atoms with van der Waals surface area (Å²) in [6, 6.07) is 1.18. The van der Waals surface area contributed by atoms with Crippen LogP contribution in [0.1, 0.15) is 77.3 Å². The van der Waals surface area contributed by atoms with Crippen LogP contribution in [-0.4, -0.2) is 49.7 Å². The van der Waals surface area contributed by atoms with E-state index in [9.17, 15) is 0 Å². The van der Waals surface area contributed by atoms with Gasteiger partial charge in [-0.1, -0.05) is 32.6 Å². The van der Waals surface area contributed by atoms with Gasteiger partial charge in [0.1, 0.15) is 0 Å². The van der Waals surface area contributed by atoms with E-state index in [2.05, 4.69) is 26.9 Å². The number of rotatable bonds is 7. The zero-order chi connectivity index (χ0) is 20.2. The van der Waals surface area contributed by atoms with Gasteiger partial charge in [-0.25, -0.2) is 9.50 Å². The zero-order valence-electron chi connectivity index (χ0n) is 18.0. The molecule has 0 amide bonds. The van der Waals surface area contributed by atoms with E-state index in [0.717, 1.165) is 31.0 Å². The summed E-state index contributed by atoms with van der Waals surface area (Å²) in [4.78, 5) is 11.5. The van der Waals surface area contributed by atoms with Crippen LogP contribution in [0.5, 0.6) is 6.01 Å². The van der Waals surface area contributed by atoms with Crippen LogP contribution in [0.15, 0.2) is 6.20 Å². The van der Waals surface area contributed by atoms with Crippen molar-refractivity contribution in [2.45, 2.75) is 90.2 Å². The maximum atomic E-state index is 6.13. The third kappa shape index (κ3) is 4.82. The molecule has 2 aromatic heterocycles. The predicted octanol–water partition coefficient (Wildman–Crippen LogP) is 3.86. The largest absolute Gasteiger partial charge is 0.459 e. The molecule has 1 unspecified atom stereocenters. The minimum atomic E-state index is 0.0768. The minimum Gasteiger partial charge on any atom is -0.459 e. The molecule has 1 atom stereocenters. The van der Waals surface area contributed by atoms with Crippen molar-refractivity contribution in [3.05, 3.63) is 11.9 Å². The van der Waals surface area contributed by atoms with E-state index in [1.807, 2.05) is 17.6 Å². The van der Waals surface area contributed by atoms with Gasteiger partial charge in [-0.2, -0.15) is 4.98 Å². The van der Waals surface area contributed by atoms with E-state index in [1.165, 1.54) is 58.0 Å². The second-order valence-electron chi connectivity index (χ2n) is 8.96. The van der Waals surface area contributed by atoms with Gasteiger partial charge in [0.25, 0.3) is 0 Å². The zero-order valence-corrected chi connectivity index (χ0v) is 18.0. The normalized spacial score (nSPS) is 20.9. The Bertz CT molecular complexity index is 792. The number of likely N-dealkylation sites (tertiary alicyclic amines) is 1. The van der Waals surface area contributed by atoms with Gasteiger partial charge in [0.15, 0.2) is 11.5 Å². The maximum absolute atomic E-state index is 6.13.